The van der Waals surface area contributed by atoms with Crippen LogP contribution in [0.25, 0.3) is 0 Å². The SMILES string of the molecule is CCN(CC)S(=O)(=O)c1ccc(Cl)c(NC(=O)CN(C)S(=O)(=O)c2ccc(C#N)cc2)c1. The summed E-state index contributed by atoms with van der Waals surface area (Å²) in [5, 5.41) is 11.4. The molecule has 0 radical (unpaired) electrons. The number of nitriles is 1. The minimum absolute atomic E-state index is 0.0422. The average Bonchev–Trinajstić information content (AvgIpc) is 2.75. The Hall–Kier alpha value is -2.49. The first kappa shape index (κ1) is 25.8. The van der Waals surface area contributed by atoms with Crippen molar-refractivity contribution in [2.24, 2.45) is 0 Å². The van der Waals surface area contributed by atoms with Crippen LogP contribution in [-0.2, 0) is 24.8 Å². The Morgan fingerprint density at radius 3 is 2.09 bits per heavy atom. The van der Waals surface area contributed by atoms with Crippen LogP contribution in [0.4, 0.5) is 5.69 Å². The van der Waals surface area contributed by atoms with E-state index in [1.54, 1.807) is 13.8 Å². The van der Waals surface area contributed by atoms with Crippen molar-refractivity contribution in [2.45, 2.75) is 23.6 Å². The van der Waals surface area contributed by atoms with E-state index >= 15 is 0 Å². The third-order valence-electron chi connectivity index (χ3n) is 4.61. The Kier molecular flexibility index (Phi) is 8.39. The summed E-state index contributed by atoms with van der Waals surface area (Å²) >= 11 is 6.11. The predicted molar refractivity (Wildman–Crippen MR) is 121 cm³/mol. The normalized spacial score (nSPS) is 12.0. The number of nitrogens with zero attached hydrogens (tertiary/aromatic N) is 3. The van der Waals surface area contributed by atoms with Crippen molar-refractivity contribution in [1.29, 1.82) is 5.26 Å². The van der Waals surface area contributed by atoms with Crippen LogP contribution >= 0.6 is 11.6 Å². The Balaban J connectivity index is 2.21. The molecule has 9 nitrogen and oxygen atoms in total. The van der Waals surface area contributed by atoms with E-state index in [1.165, 1.54) is 53.8 Å². The summed E-state index contributed by atoms with van der Waals surface area (Å²) < 4.78 is 52.9. The van der Waals surface area contributed by atoms with Crippen molar-refractivity contribution in [3.05, 3.63) is 53.1 Å². The smallest absolute Gasteiger partial charge is 0.243 e. The largest absolute Gasteiger partial charge is 0.324 e. The van der Waals surface area contributed by atoms with Crippen LogP contribution < -0.4 is 5.32 Å². The van der Waals surface area contributed by atoms with Crippen LogP contribution in [0.15, 0.2) is 52.3 Å². The number of anilines is 1. The molecule has 1 N–H and O–H groups in total. The molecule has 0 fully saturated rings. The van der Waals surface area contributed by atoms with E-state index < -0.39 is 32.5 Å². The van der Waals surface area contributed by atoms with Gasteiger partial charge in [-0.15, -0.1) is 0 Å². The lowest BCUT2D eigenvalue weighted by molar-refractivity contribution is -0.116. The number of halogens is 1. The quantitative estimate of drug-likeness (QED) is 0.565. The minimum Gasteiger partial charge on any atom is -0.324 e. The number of amides is 1. The molecule has 0 spiro atoms. The zero-order valence-corrected chi connectivity index (χ0v) is 20.1. The molecule has 0 bridgehead atoms. The molecule has 0 aliphatic rings. The molecule has 0 aliphatic heterocycles. The highest BCUT2D eigenvalue weighted by Crippen LogP contribution is 2.27. The summed E-state index contributed by atoms with van der Waals surface area (Å²) in [6.45, 7) is 3.45. The second kappa shape index (κ2) is 10.4. The summed E-state index contributed by atoms with van der Waals surface area (Å²) in [5.74, 6) is -0.705. The standard InChI is InChI=1S/C20H23ClN4O5S2/c1-4-25(5-2)32(29,30)17-10-11-18(21)19(12-17)23-20(26)14-24(3)31(27,28)16-8-6-15(13-22)7-9-16/h6-12H,4-5,14H2,1-3H3,(H,23,26). The molecule has 2 aromatic rings. The maximum Gasteiger partial charge on any atom is 0.243 e. The summed E-state index contributed by atoms with van der Waals surface area (Å²) in [6, 6.07) is 11.1. The van der Waals surface area contributed by atoms with E-state index in [9.17, 15) is 21.6 Å². The molecule has 0 heterocycles. The lowest BCUT2D eigenvalue weighted by atomic mass is 10.2. The van der Waals surface area contributed by atoms with Gasteiger partial charge in [0.25, 0.3) is 0 Å². The fraction of sp³-hybridized carbons (Fsp3) is 0.300. The third kappa shape index (κ3) is 5.65. The summed E-state index contributed by atoms with van der Waals surface area (Å²) in [4.78, 5) is 12.4. The van der Waals surface area contributed by atoms with Crippen molar-refractivity contribution in [3.8, 4) is 6.07 Å². The molecule has 0 aliphatic carbocycles. The molecular weight excluding hydrogens is 476 g/mol. The monoisotopic (exact) mass is 498 g/mol. The summed E-state index contributed by atoms with van der Waals surface area (Å²) in [7, 11) is -6.52. The molecule has 12 heteroatoms. The van der Waals surface area contributed by atoms with E-state index in [2.05, 4.69) is 5.32 Å². The number of hydrogen-bond donors (Lipinski definition) is 1. The molecule has 2 rings (SSSR count). The number of likely N-dealkylation sites (N-methyl/N-ethyl adjacent to an activating group) is 1. The van der Waals surface area contributed by atoms with Gasteiger partial charge in [-0.2, -0.15) is 13.9 Å². The van der Waals surface area contributed by atoms with E-state index in [1.807, 2.05) is 6.07 Å². The van der Waals surface area contributed by atoms with Gasteiger partial charge in [0.05, 0.1) is 38.7 Å². The third-order valence-corrected chi connectivity index (χ3v) is 8.81. The number of hydrogen-bond acceptors (Lipinski definition) is 6. The topological polar surface area (TPSA) is 128 Å². The highest BCUT2D eigenvalue weighted by atomic mass is 35.5. The fourth-order valence-corrected chi connectivity index (χ4v) is 5.61. The van der Waals surface area contributed by atoms with Crippen LogP contribution in [0.1, 0.15) is 19.4 Å². The van der Waals surface area contributed by atoms with E-state index in [0.29, 0.717) is 5.56 Å². The lowest BCUT2D eigenvalue weighted by Crippen LogP contribution is -2.35. The molecule has 0 saturated carbocycles. The van der Waals surface area contributed by atoms with Gasteiger partial charge < -0.3 is 5.32 Å². The van der Waals surface area contributed by atoms with Gasteiger partial charge in [0.2, 0.25) is 26.0 Å². The molecule has 0 unspecified atom stereocenters. The molecule has 1 amide bonds. The van der Waals surface area contributed by atoms with Crippen molar-refractivity contribution in [2.75, 3.05) is 32.0 Å². The maximum atomic E-state index is 12.7. The van der Waals surface area contributed by atoms with Crippen molar-refractivity contribution in [1.82, 2.24) is 8.61 Å². The number of benzene rings is 2. The number of carbonyl (C=O) groups excluding carboxylic acids is 1. The van der Waals surface area contributed by atoms with Gasteiger partial charge in [-0.3, -0.25) is 4.79 Å². The Morgan fingerprint density at radius 2 is 1.56 bits per heavy atom. The molecule has 0 aromatic heterocycles. The molecule has 0 saturated heterocycles. The van der Waals surface area contributed by atoms with Crippen molar-refractivity contribution < 1.29 is 21.6 Å². The van der Waals surface area contributed by atoms with Crippen LogP contribution in [0, 0.1) is 11.3 Å². The fourth-order valence-electron chi connectivity index (χ4n) is 2.83. The van der Waals surface area contributed by atoms with Gasteiger partial charge in [0.15, 0.2) is 0 Å². The van der Waals surface area contributed by atoms with Crippen LogP contribution in [-0.4, -0.2) is 58.0 Å². The maximum absolute atomic E-state index is 12.7. The van der Waals surface area contributed by atoms with Gasteiger partial charge in [-0.25, -0.2) is 16.8 Å². The van der Waals surface area contributed by atoms with Crippen LogP contribution in [0.2, 0.25) is 5.02 Å². The molecular formula is C20H23ClN4O5S2. The zero-order valence-electron chi connectivity index (χ0n) is 17.7. The van der Waals surface area contributed by atoms with E-state index in [4.69, 9.17) is 16.9 Å². The average molecular weight is 499 g/mol. The Morgan fingerprint density at radius 1 is 1.00 bits per heavy atom. The molecule has 172 valence electrons. The highest BCUT2D eigenvalue weighted by Gasteiger charge is 2.25. The van der Waals surface area contributed by atoms with E-state index in [0.717, 1.165) is 4.31 Å². The zero-order chi connectivity index (χ0) is 24.1. The first-order chi connectivity index (χ1) is 15.0. The molecule has 2 aromatic carbocycles. The van der Waals surface area contributed by atoms with Crippen molar-refractivity contribution >= 4 is 43.2 Å². The summed E-state index contributed by atoms with van der Waals surface area (Å²) in [5.41, 5.74) is 0.354. The number of carbonyl (C=O) groups is 1. The Bertz CT molecular complexity index is 1240. The first-order valence-electron chi connectivity index (χ1n) is 9.53. The first-order valence-corrected chi connectivity index (χ1v) is 12.8. The van der Waals surface area contributed by atoms with Gasteiger partial charge in [0.1, 0.15) is 0 Å². The van der Waals surface area contributed by atoms with Crippen molar-refractivity contribution in [3.63, 3.8) is 0 Å². The second-order valence-electron chi connectivity index (χ2n) is 6.68. The van der Waals surface area contributed by atoms with Gasteiger partial charge in [0, 0.05) is 20.1 Å². The molecule has 32 heavy (non-hydrogen) atoms. The molecule has 0 atom stereocenters. The summed E-state index contributed by atoms with van der Waals surface area (Å²) in [6.07, 6.45) is 0. The Labute approximate surface area is 193 Å². The van der Waals surface area contributed by atoms with Crippen LogP contribution in [0.3, 0.4) is 0 Å². The van der Waals surface area contributed by atoms with E-state index in [-0.39, 0.29) is 33.6 Å². The number of sulfonamides is 2. The highest BCUT2D eigenvalue weighted by molar-refractivity contribution is 7.89. The second-order valence-corrected chi connectivity index (χ2v) is 11.1. The minimum atomic E-state index is -3.98. The van der Waals surface area contributed by atoms with Gasteiger partial charge in [-0.1, -0.05) is 25.4 Å². The van der Waals surface area contributed by atoms with Crippen LogP contribution in [0.5, 0.6) is 0 Å². The predicted octanol–water partition coefficient (Wildman–Crippen LogP) is 2.50. The number of nitrogens with one attached hydrogen (secondary N) is 1. The lowest BCUT2D eigenvalue weighted by Gasteiger charge is -2.20. The van der Waals surface area contributed by atoms with Gasteiger partial charge >= 0.3 is 0 Å². The number of rotatable bonds is 9. The van der Waals surface area contributed by atoms with Gasteiger partial charge in [-0.05, 0) is 42.5 Å².